The van der Waals surface area contributed by atoms with E-state index in [0.29, 0.717) is 19.1 Å². The number of piperazine rings is 2. The van der Waals surface area contributed by atoms with Gasteiger partial charge in [-0.05, 0) is 104 Å². The fourth-order valence-corrected chi connectivity index (χ4v) is 9.11. The molecular weight excluding hydrogens is 713 g/mol. The van der Waals surface area contributed by atoms with Gasteiger partial charge in [0.25, 0.3) is 0 Å². The Labute approximate surface area is 340 Å². The standard InChI is InChI=1S/C47H64N6O4/c1-37(54)51-30-26-49(27-31-51)22-6-34-56-44-14-10-39(11-15-44)41-19-24-53(25-20-41)47(42-8-4-3-5-9-42)46-36-43(18-21-48-46)40-12-16-45(17-13-40)57-35-7-23-50-28-32-52(33-29-50)38(2)55/h3-5,8-17,36,41,46-48H,6-7,18-35H2,1-2H3. The molecule has 306 valence electrons. The second kappa shape index (κ2) is 20.5. The van der Waals surface area contributed by atoms with E-state index in [1.807, 2.05) is 9.80 Å². The first-order chi connectivity index (χ1) is 27.9. The summed E-state index contributed by atoms with van der Waals surface area (Å²) in [6, 6.07) is 29.1. The summed E-state index contributed by atoms with van der Waals surface area (Å²) in [5.41, 5.74) is 5.46. The number of amides is 2. The summed E-state index contributed by atoms with van der Waals surface area (Å²) >= 11 is 0. The summed E-state index contributed by atoms with van der Waals surface area (Å²) < 4.78 is 12.3. The SMILES string of the molecule is CC(=O)N1CCN(CCCOc2ccc(C3=CC(C(c4ccccc4)N4CCC(c5ccc(OCCCN6CCN(C(C)=O)CC6)cc5)CC4)NCC3)cc2)CC1. The fraction of sp³-hybridized carbons (Fsp3) is 0.532. The molecule has 2 unspecified atom stereocenters. The summed E-state index contributed by atoms with van der Waals surface area (Å²) in [7, 11) is 0. The Balaban J connectivity index is 0.882. The van der Waals surface area contributed by atoms with Crippen LogP contribution in [0.4, 0.5) is 0 Å². The van der Waals surface area contributed by atoms with Crippen molar-refractivity contribution in [1.29, 1.82) is 0 Å². The van der Waals surface area contributed by atoms with E-state index in [-0.39, 0.29) is 23.9 Å². The number of likely N-dealkylation sites (tertiary alicyclic amines) is 1. The molecule has 7 rings (SSSR count). The number of piperidine rings is 1. The highest BCUT2D eigenvalue weighted by molar-refractivity contribution is 5.73. The van der Waals surface area contributed by atoms with Crippen molar-refractivity contribution in [2.45, 2.75) is 64.0 Å². The minimum absolute atomic E-state index is 0.177. The van der Waals surface area contributed by atoms with Crippen molar-refractivity contribution in [3.8, 4) is 11.5 Å². The summed E-state index contributed by atoms with van der Waals surface area (Å²) in [6.07, 6.45) is 7.74. The third kappa shape index (κ3) is 11.5. The zero-order valence-electron chi connectivity index (χ0n) is 34.3. The second-order valence-corrected chi connectivity index (χ2v) is 16.3. The molecule has 0 aromatic heterocycles. The van der Waals surface area contributed by atoms with Crippen LogP contribution in [0.3, 0.4) is 0 Å². The van der Waals surface area contributed by atoms with Crippen LogP contribution in [-0.2, 0) is 9.59 Å². The summed E-state index contributed by atoms with van der Waals surface area (Å²) in [6.45, 7) is 16.9. The molecule has 3 aromatic carbocycles. The van der Waals surface area contributed by atoms with Gasteiger partial charge in [-0.1, -0.05) is 60.7 Å². The van der Waals surface area contributed by atoms with Crippen LogP contribution < -0.4 is 14.8 Å². The van der Waals surface area contributed by atoms with Crippen LogP contribution in [-0.4, -0.2) is 141 Å². The van der Waals surface area contributed by atoms with Gasteiger partial charge in [-0.3, -0.25) is 24.3 Å². The lowest BCUT2D eigenvalue weighted by atomic mass is 9.85. The Bertz CT molecular complexity index is 1730. The molecule has 0 bridgehead atoms. The number of carbonyl (C=O) groups is 2. The normalized spacial score (nSPS) is 20.9. The van der Waals surface area contributed by atoms with E-state index >= 15 is 0 Å². The maximum atomic E-state index is 11.6. The highest BCUT2D eigenvalue weighted by atomic mass is 16.5. The molecule has 3 aromatic rings. The molecule has 10 nitrogen and oxygen atoms in total. The molecule has 2 atom stereocenters. The second-order valence-electron chi connectivity index (χ2n) is 16.3. The van der Waals surface area contributed by atoms with Crippen LogP contribution >= 0.6 is 0 Å². The Morgan fingerprint density at radius 1 is 0.667 bits per heavy atom. The predicted octanol–water partition coefficient (Wildman–Crippen LogP) is 5.92. The molecule has 4 heterocycles. The third-order valence-corrected chi connectivity index (χ3v) is 12.5. The van der Waals surface area contributed by atoms with Gasteiger partial charge in [0.15, 0.2) is 0 Å². The Hall–Kier alpha value is -4.22. The molecular formula is C47H64N6O4. The number of nitrogens with one attached hydrogen (secondary N) is 1. The average Bonchev–Trinajstić information content (AvgIpc) is 3.25. The largest absolute Gasteiger partial charge is 0.494 e. The number of rotatable bonds is 15. The molecule has 0 aliphatic carbocycles. The van der Waals surface area contributed by atoms with Gasteiger partial charge >= 0.3 is 0 Å². The van der Waals surface area contributed by atoms with Crippen LogP contribution in [0.25, 0.3) is 5.57 Å². The molecule has 1 N–H and O–H groups in total. The number of carbonyl (C=O) groups excluding carboxylic acids is 2. The fourth-order valence-electron chi connectivity index (χ4n) is 9.11. The van der Waals surface area contributed by atoms with E-state index in [4.69, 9.17) is 9.47 Å². The van der Waals surface area contributed by atoms with Crippen molar-refractivity contribution >= 4 is 17.4 Å². The predicted molar refractivity (Wildman–Crippen MR) is 228 cm³/mol. The Kier molecular flexibility index (Phi) is 14.7. The first kappa shape index (κ1) is 41.0. The monoisotopic (exact) mass is 776 g/mol. The summed E-state index contributed by atoms with van der Waals surface area (Å²) in [5, 5.41) is 3.89. The molecule has 57 heavy (non-hydrogen) atoms. The smallest absolute Gasteiger partial charge is 0.219 e. The van der Waals surface area contributed by atoms with Gasteiger partial charge in [-0.2, -0.15) is 0 Å². The minimum atomic E-state index is 0.177. The first-order valence-corrected chi connectivity index (χ1v) is 21.5. The number of hydrogen-bond acceptors (Lipinski definition) is 8. The van der Waals surface area contributed by atoms with E-state index in [2.05, 4.69) is 105 Å². The van der Waals surface area contributed by atoms with E-state index in [0.717, 1.165) is 129 Å². The maximum absolute atomic E-state index is 11.6. The number of benzene rings is 3. The molecule has 0 radical (unpaired) electrons. The van der Waals surface area contributed by atoms with Gasteiger partial charge in [0, 0.05) is 85.3 Å². The van der Waals surface area contributed by atoms with Crippen molar-refractivity contribution in [1.82, 2.24) is 29.8 Å². The summed E-state index contributed by atoms with van der Waals surface area (Å²) in [5.74, 6) is 2.78. The first-order valence-electron chi connectivity index (χ1n) is 21.5. The Morgan fingerprint density at radius 2 is 1.19 bits per heavy atom. The zero-order valence-corrected chi connectivity index (χ0v) is 34.3. The molecule has 0 saturated carbocycles. The zero-order chi connectivity index (χ0) is 39.4. The van der Waals surface area contributed by atoms with Gasteiger partial charge in [0.2, 0.25) is 11.8 Å². The topological polar surface area (TPSA) is 80.8 Å². The number of nitrogens with zero attached hydrogens (tertiary/aromatic N) is 5. The average molecular weight is 777 g/mol. The highest BCUT2D eigenvalue weighted by Gasteiger charge is 2.33. The van der Waals surface area contributed by atoms with Crippen LogP contribution in [0.2, 0.25) is 0 Å². The quantitative estimate of drug-likeness (QED) is 0.191. The van der Waals surface area contributed by atoms with Gasteiger partial charge in [0.1, 0.15) is 11.5 Å². The molecule has 4 aliphatic rings. The Morgan fingerprint density at radius 3 is 1.72 bits per heavy atom. The van der Waals surface area contributed by atoms with Crippen LogP contribution in [0.5, 0.6) is 11.5 Å². The van der Waals surface area contributed by atoms with Crippen molar-refractivity contribution < 1.29 is 19.1 Å². The van der Waals surface area contributed by atoms with E-state index in [1.165, 1.54) is 22.3 Å². The molecule has 0 spiro atoms. The van der Waals surface area contributed by atoms with Gasteiger partial charge in [0.05, 0.1) is 19.3 Å². The van der Waals surface area contributed by atoms with E-state index in [1.54, 1.807) is 13.8 Å². The lowest BCUT2D eigenvalue weighted by molar-refractivity contribution is -0.131. The van der Waals surface area contributed by atoms with Crippen molar-refractivity contribution in [3.63, 3.8) is 0 Å². The van der Waals surface area contributed by atoms with Crippen LogP contribution in [0.15, 0.2) is 84.9 Å². The lowest BCUT2D eigenvalue weighted by Gasteiger charge is -2.42. The molecule has 10 heteroatoms. The molecule has 3 fully saturated rings. The van der Waals surface area contributed by atoms with Crippen molar-refractivity contribution in [3.05, 3.63) is 102 Å². The highest BCUT2D eigenvalue weighted by Crippen LogP contribution is 2.37. The van der Waals surface area contributed by atoms with Gasteiger partial charge in [-0.25, -0.2) is 0 Å². The van der Waals surface area contributed by atoms with Crippen molar-refractivity contribution in [2.24, 2.45) is 0 Å². The number of ether oxygens (including phenoxy) is 2. The van der Waals surface area contributed by atoms with Gasteiger partial charge in [-0.15, -0.1) is 0 Å². The third-order valence-electron chi connectivity index (χ3n) is 12.5. The van der Waals surface area contributed by atoms with Crippen LogP contribution in [0, 0.1) is 0 Å². The molecule has 4 aliphatic heterocycles. The summed E-state index contributed by atoms with van der Waals surface area (Å²) in [4.78, 5) is 34.6. The minimum Gasteiger partial charge on any atom is -0.494 e. The van der Waals surface area contributed by atoms with E-state index < -0.39 is 0 Å². The van der Waals surface area contributed by atoms with E-state index in [9.17, 15) is 9.59 Å². The number of hydrogen-bond donors (Lipinski definition) is 1. The van der Waals surface area contributed by atoms with Crippen LogP contribution in [0.1, 0.15) is 74.6 Å². The van der Waals surface area contributed by atoms with Gasteiger partial charge < -0.3 is 24.6 Å². The molecule has 2 amide bonds. The van der Waals surface area contributed by atoms with Crippen molar-refractivity contribution in [2.75, 3.05) is 98.3 Å². The lowest BCUT2D eigenvalue weighted by Crippen LogP contribution is -2.48. The molecule has 3 saturated heterocycles. The maximum Gasteiger partial charge on any atom is 0.219 e.